The highest BCUT2D eigenvalue weighted by Crippen LogP contribution is 2.32. The molecule has 2 rings (SSSR count). The number of benzene rings is 1. The first kappa shape index (κ1) is 17.0. The van der Waals surface area contributed by atoms with E-state index in [0.717, 1.165) is 8.95 Å². The Kier molecular flexibility index (Phi) is 5.85. The van der Waals surface area contributed by atoms with Crippen molar-refractivity contribution in [2.75, 3.05) is 0 Å². The molecule has 1 aromatic carbocycles. The molecule has 1 aliphatic carbocycles. The Morgan fingerprint density at radius 3 is 2.29 bits per heavy atom. The second-order valence-corrected chi connectivity index (χ2v) is 7.53. The van der Waals surface area contributed by atoms with Gasteiger partial charge < -0.3 is 9.84 Å². The van der Waals surface area contributed by atoms with Crippen LogP contribution in [0.15, 0.2) is 25.6 Å². The molecule has 0 aliphatic heterocycles. The Balaban J connectivity index is 2.01. The topological polar surface area (TPSA) is 63.6 Å². The van der Waals surface area contributed by atoms with Crippen molar-refractivity contribution in [3.8, 4) is 0 Å². The standard InChI is InChI=1S/C14H13Br3O4/c15-8-5-10(12(17)11(16)6-8)14(20)21-9-3-1-7(2-4-9)13(18)19/h5-7,9H,1-4H2,(H,18,19). The number of aliphatic carboxylic acids is 1. The Labute approximate surface area is 147 Å². The van der Waals surface area contributed by atoms with Gasteiger partial charge >= 0.3 is 11.9 Å². The molecule has 0 saturated heterocycles. The minimum absolute atomic E-state index is 0.210. The van der Waals surface area contributed by atoms with Crippen LogP contribution in [-0.4, -0.2) is 23.1 Å². The number of carboxylic acid groups (broad SMARTS) is 1. The maximum atomic E-state index is 12.2. The summed E-state index contributed by atoms with van der Waals surface area (Å²) < 4.78 is 7.68. The number of halogens is 3. The molecule has 4 nitrogen and oxygen atoms in total. The summed E-state index contributed by atoms with van der Waals surface area (Å²) in [5.41, 5.74) is 0.441. The van der Waals surface area contributed by atoms with Crippen molar-refractivity contribution in [2.24, 2.45) is 5.92 Å². The predicted molar refractivity (Wildman–Crippen MR) is 88.3 cm³/mol. The van der Waals surface area contributed by atoms with E-state index in [0.29, 0.717) is 35.7 Å². The second-order valence-electron chi connectivity index (χ2n) is 4.97. The quantitative estimate of drug-likeness (QED) is 0.495. The van der Waals surface area contributed by atoms with E-state index in [4.69, 9.17) is 9.84 Å². The molecule has 0 radical (unpaired) electrons. The number of hydrogen-bond acceptors (Lipinski definition) is 3. The summed E-state index contributed by atoms with van der Waals surface area (Å²) >= 11 is 10.1. The van der Waals surface area contributed by atoms with Crippen molar-refractivity contribution in [3.63, 3.8) is 0 Å². The number of hydrogen-bond donors (Lipinski definition) is 1. The van der Waals surface area contributed by atoms with E-state index in [2.05, 4.69) is 47.8 Å². The van der Waals surface area contributed by atoms with Crippen molar-refractivity contribution < 1.29 is 19.4 Å². The molecule has 0 bridgehead atoms. The van der Waals surface area contributed by atoms with Crippen molar-refractivity contribution in [1.29, 1.82) is 0 Å². The van der Waals surface area contributed by atoms with Gasteiger partial charge in [-0.3, -0.25) is 4.79 Å². The van der Waals surface area contributed by atoms with Crippen molar-refractivity contribution in [1.82, 2.24) is 0 Å². The fraction of sp³-hybridized carbons (Fsp3) is 0.429. The highest BCUT2D eigenvalue weighted by molar-refractivity contribution is 9.13. The van der Waals surface area contributed by atoms with Gasteiger partial charge in [0.05, 0.1) is 11.5 Å². The third kappa shape index (κ3) is 4.29. The molecule has 1 saturated carbocycles. The van der Waals surface area contributed by atoms with Gasteiger partial charge in [0.25, 0.3) is 0 Å². The average molecular weight is 485 g/mol. The van der Waals surface area contributed by atoms with Crippen LogP contribution in [0, 0.1) is 5.92 Å². The highest BCUT2D eigenvalue weighted by Gasteiger charge is 2.28. The number of carboxylic acids is 1. The number of ether oxygens (including phenoxy) is 1. The normalized spacial score (nSPS) is 21.9. The van der Waals surface area contributed by atoms with Gasteiger partial charge in [0.1, 0.15) is 6.10 Å². The van der Waals surface area contributed by atoms with E-state index in [9.17, 15) is 9.59 Å². The maximum absolute atomic E-state index is 12.2. The highest BCUT2D eigenvalue weighted by atomic mass is 79.9. The van der Waals surface area contributed by atoms with E-state index in [1.165, 1.54) is 0 Å². The van der Waals surface area contributed by atoms with Gasteiger partial charge in [-0.05, 0) is 69.7 Å². The van der Waals surface area contributed by atoms with Gasteiger partial charge in [0.2, 0.25) is 0 Å². The first-order chi connectivity index (χ1) is 9.88. The summed E-state index contributed by atoms with van der Waals surface area (Å²) in [5, 5.41) is 8.96. The summed E-state index contributed by atoms with van der Waals surface area (Å²) in [6.45, 7) is 0. The molecular formula is C14H13Br3O4. The molecule has 114 valence electrons. The maximum Gasteiger partial charge on any atom is 0.339 e. The molecule has 7 heteroatoms. The van der Waals surface area contributed by atoms with Crippen molar-refractivity contribution in [2.45, 2.75) is 31.8 Å². The minimum Gasteiger partial charge on any atom is -0.481 e. The summed E-state index contributed by atoms with van der Waals surface area (Å²) in [5.74, 6) is -1.48. The van der Waals surface area contributed by atoms with Gasteiger partial charge in [0.15, 0.2) is 0 Å². The van der Waals surface area contributed by atoms with Gasteiger partial charge in [0, 0.05) is 13.4 Å². The molecule has 0 unspecified atom stereocenters. The Morgan fingerprint density at radius 1 is 1.10 bits per heavy atom. The fourth-order valence-corrected chi connectivity index (χ4v) is 3.96. The lowest BCUT2D eigenvalue weighted by atomic mass is 9.87. The SMILES string of the molecule is O=C(OC1CCC(C(=O)O)CC1)c1cc(Br)cc(Br)c1Br. The number of carbonyl (C=O) groups excluding carboxylic acids is 1. The molecule has 1 N–H and O–H groups in total. The molecule has 0 atom stereocenters. The Bertz CT molecular complexity index is 566. The van der Waals surface area contributed by atoms with E-state index < -0.39 is 11.9 Å². The van der Waals surface area contributed by atoms with Crippen LogP contribution >= 0.6 is 47.8 Å². The molecule has 0 heterocycles. The van der Waals surface area contributed by atoms with Gasteiger partial charge in [-0.1, -0.05) is 15.9 Å². The van der Waals surface area contributed by atoms with Crippen LogP contribution in [-0.2, 0) is 9.53 Å². The Hall–Kier alpha value is -0.400. The first-order valence-electron chi connectivity index (χ1n) is 6.46. The average Bonchev–Trinajstić information content (AvgIpc) is 2.43. The molecule has 0 spiro atoms. The monoisotopic (exact) mass is 482 g/mol. The zero-order valence-corrected chi connectivity index (χ0v) is 15.7. The summed E-state index contributed by atoms with van der Waals surface area (Å²) in [6.07, 6.45) is 2.08. The van der Waals surface area contributed by atoms with E-state index in [1.54, 1.807) is 6.07 Å². The van der Waals surface area contributed by atoms with Crippen LogP contribution < -0.4 is 0 Å². The molecular weight excluding hydrogens is 472 g/mol. The zero-order valence-electron chi connectivity index (χ0n) is 10.9. The molecule has 1 aromatic rings. The summed E-state index contributed by atoms with van der Waals surface area (Å²) in [6, 6.07) is 3.53. The van der Waals surface area contributed by atoms with Crippen LogP contribution in [0.25, 0.3) is 0 Å². The van der Waals surface area contributed by atoms with Crippen LogP contribution in [0.1, 0.15) is 36.0 Å². The van der Waals surface area contributed by atoms with Gasteiger partial charge in [-0.15, -0.1) is 0 Å². The van der Waals surface area contributed by atoms with Crippen LogP contribution in [0.4, 0.5) is 0 Å². The fourth-order valence-electron chi connectivity index (χ4n) is 2.35. The molecule has 1 fully saturated rings. The molecule has 0 aromatic heterocycles. The summed E-state index contributed by atoms with van der Waals surface area (Å²) in [7, 11) is 0. The number of rotatable bonds is 3. The van der Waals surface area contributed by atoms with Gasteiger partial charge in [-0.2, -0.15) is 0 Å². The molecule has 21 heavy (non-hydrogen) atoms. The lowest BCUT2D eigenvalue weighted by Crippen LogP contribution is -2.28. The van der Waals surface area contributed by atoms with Crippen LogP contribution in [0.2, 0.25) is 0 Å². The van der Waals surface area contributed by atoms with Gasteiger partial charge in [-0.25, -0.2) is 4.79 Å². The number of esters is 1. The minimum atomic E-state index is -0.765. The lowest BCUT2D eigenvalue weighted by molar-refractivity contribution is -0.143. The van der Waals surface area contributed by atoms with E-state index >= 15 is 0 Å². The van der Waals surface area contributed by atoms with E-state index in [-0.39, 0.29) is 12.0 Å². The number of carbonyl (C=O) groups is 2. The summed E-state index contributed by atoms with van der Waals surface area (Å²) in [4.78, 5) is 23.1. The predicted octanol–water partition coefficient (Wildman–Crippen LogP) is 4.77. The first-order valence-corrected chi connectivity index (χ1v) is 8.84. The van der Waals surface area contributed by atoms with E-state index in [1.807, 2.05) is 6.07 Å². The van der Waals surface area contributed by atoms with Crippen LogP contribution in [0.5, 0.6) is 0 Å². The second kappa shape index (κ2) is 7.24. The van der Waals surface area contributed by atoms with Crippen molar-refractivity contribution >= 4 is 59.7 Å². The smallest absolute Gasteiger partial charge is 0.339 e. The molecule has 1 aliphatic rings. The van der Waals surface area contributed by atoms with Crippen molar-refractivity contribution in [3.05, 3.63) is 31.1 Å². The zero-order chi connectivity index (χ0) is 15.6. The largest absolute Gasteiger partial charge is 0.481 e. The molecule has 0 amide bonds. The third-order valence-corrected chi connectivity index (χ3v) is 5.98. The lowest BCUT2D eigenvalue weighted by Gasteiger charge is -2.26. The third-order valence-electron chi connectivity index (χ3n) is 3.51. The Morgan fingerprint density at radius 2 is 1.71 bits per heavy atom. The van der Waals surface area contributed by atoms with Crippen LogP contribution in [0.3, 0.4) is 0 Å².